The highest BCUT2D eigenvalue weighted by atomic mass is 16.7. The number of rotatable bonds is 4. The zero-order chi connectivity index (χ0) is 16.9. The zero-order valence-electron chi connectivity index (χ0n) is 14.0. The quantitative estimate of drug-likeness (QED) is 0.874. The highest BCUT2D eigenvalue weighted by Gasteiger charge is 2.21. The van der Waals surface area contributed by atoms with Gasteiger partial charge < -0.3 is 19.7 Å². The fourth-order valence-electron chi connectivity index (χ4n) is 2.82. The lowest BCUT2D eigenvalue weighted by Gasteiger charge is -2.21. The fraction of sp³-hybridized carbons (Fsp3) is 0.412. The molecule has 7 nitrogen and oxygen atoms in total. The molecular formula is C17H22N4O3. The molecule has 24 heavy (non-hydrogen) atoms. The van der Waals surface area contributed by atoms with Gasteiger partial charge >= 0.3 is 6.03 Å². The van der Waals surface area contributed by atoms with Crippen LogP contribution < -0.4 is 10.1 Å². The van der Waals surface area contributed by atoms with E-state index < -0.39 is 0 Å². The number of carbonyl (C=O) groups excluding carboxylic acids is 1. The van der Waals surface area contributed by atoms with Gasteiger partial charge in [0.1, 0.15) is 5.75 Å². The summed E-state index contributed by atoms with van der Waals surface area (Å²) in [6.07, 6.45) is 3.73. The molecule has 0 saturated heterocycles. The maximum absolute atomic E-state index is 12.5. The molecule has 1 aromatic heterocycles. The molecule has 0 atom stereocenters. The highest BCUT2D eigenvalue weighted by molar-refractivity contribution is 5.89. The summed E-state index contributed by atoms with van der Waals surface area (Å²) in [5, 5.41) is 7.22. The van der Waals surface area contributed by atoms with Crippen LogP contribution in [0.4, 0.5) is 10.5 Å². The predicted molar refractivity (Wildman–Crippen MR) is 89.9 cm³/mol. The first-order valence-electron chi connectivity index (χ1n) is 7.95. The zero-order valence-corrected chi connectivity index (χ0v) is 14.0. The third-order valence-electron chi connectivity index (χ3n) is 4.09. The molecular weight excluding hydrogens is 308 g/mol. The molecule has 1 aromatic carbocycles. The van der Waals surface area contributed by atoms with E-state index in [4.69, 9.17) is 9.47 Å². The van der Waals surface area contributed by atoms with Crippen molar-refractivity contribution >= 4 is 11.7 Å². The van der Waals surface area contributed by atoms with E-state index in [9.17, 15) is 4.79 Å². The van der Waals surface area contributed by atoms with Crippen molar-refractivity contribution in [2.75, 3.05) is 25.8 Å². The Balaban J connectivity index is 1.62. The maximum Gasteiger partial charge on any atom is 0.322 e. The molecule has 0 saturated carbocycles. The molecule has 1 aliphatic heterocycles. The first kappa shape index (κ1) is 16.3. The monoisotopic (exact) mass is 330 g/mol. The van der Waals surface area contributed by atoms with E-state index in [1.54, 1.807) is 19.2 Å². The molecule has 0 spiro atoms. The minimum Gasteiger partial charge on any atom is -0.468 e. The summed E-state index contributed by atoms with van der Waals surface area (Å²) in [4.78, 5) is 14.4. The number of ether oxygens (including phenoxy) is 2. The van der Waals surface area contributed by atoms with Crippen LogP contribution in [-0.4, -0.2) is 41.2 Å². The van der Waals surface area contributed by atoms with Crippen LogP contribution in [-0.2, 0) is 24.8 Å². The number of hydrogen-bond donors (Lipinski definition) is 1. The van der Waals surface area contributed by atoms with Gasteiger partial charge in [-0.05, 0) is 37.1 Å². The van der Waals surface area contributed by atoms with Crippen molar-refractivity contribution in [1.29, 1.82) is 0 Å². The first-order valence-corrected chi connectivity index (χ1v) is 7.95. The van der Waals surface area contributed by atoms with Crippen LogP contribution in [0.15, 0.2) is 30.5 Å². The number of benzene rings is 1. The van der Waals surface area contributed by atoms with Crippen LogP contribution in [0.3, 0.4) is 0 Å². The predicted octanol–water partition coefficient (Wildman–Crippen LogP) is 2.38. The van der Waals surface area contributed by atoms with Gasteiger partial charge in [0, 0.05) is 37.6 Å². The van der Waals surface area contributed by atoms with E-state index in [-0.39, 0.29) is 12.8 Å². The Morgan fingerprint density at radius 2 is 2.12 bits per heavy atom. The molecule has 128 valence electrons. The number of amides is 2. The minimum atomic E-state index is -0.0998. The van der Waals surface area contributed by atoms with Crippen molar-refractivity contribution in [3.63, 3.8) is 0 Å². The van der Waals surface area contributed by atoms with Crippen LogP contribution in [0.2, 0.25) is 0 Å². The van der Waals surface area contributed by atoms with Gasteiger partial charge in [0.2, 0.25) is 0 Å². The Morgan fingerprint density at radius 3 is 2.88 bits per heavy atom. The average molecular weight is 330 g/mol. The lowest BCUT2D eigenvalue weighted by molar-refractivity contribution is 0.0511. The molecule has 2 amide bonds. The Bertz CT molecular complexity index is 696. The second-order valence-electron chi connectivity index (χ2n) is 5.77. The van der Waals surface area contributed by atoms with Gasteiger partial charge in [0.05, 0.1) is 12.7 Å². The Labute approximate surface area is 141 Å². The van der Waals surface area contributed by atoms with Crippen molar-refractivity contribution in [3.05, 3.63) is 41.7 Å². The standard InChI is InChI=1S/C17H22N4O3/c1-20-16-4-3-9-21(11-13(16)10-18-20)17(22)19-14-5-7-15(8-6-14)24-12-23-2/h5-8,10H,3-4,9,11-12H2,1-2H3,(H,19,22). The van der Waals surface area contributed by atoms with E-state index in [2.05, 4.69) is 10.4 Å². The molecule has 3 rings (SSSR count). The normalized spacial score (nSPS) is 14.0. The molecule has 0 radical (unpaired) electrons. The molecule has 0 bridgehead atoms. The topological polar surface area (TPSA) is 68.6 Å². The number of anilines is 1. The lowest BCUT2D eigenvalue weighted by Crippen LogP contribution is -2.34. The van der Waals surface area contributed by atoms with Gasteiger partial charge in [-0.1, -0.05) is 0 Å². The first-order chi connectivity index (χ1) is 11.7. The summed E-state index contributed by atoms with van der Waals surface area (Å²) in [7, 11) is 3.52. The number of urea groups is 1. The van der Waals surface area contributed by atoms with E-state index in [1.165, 1.54) is 5.69 Å². The Hall–Kier alpha value is -2.54. The summed E-state index contributed by atoms with van der Waals surface area (Å²) in [5.74, 6) is 0.699. The van der Waals surface area contributed by atoms with Gasteiger partial charge in [-0.25, -0.2) is 4.79 Å². The number of methoxy groups -OCH3 is 1. The van der Waals surface area contributed by atoms with E-state index in [0.717, 1.165) is 30.6 Å². The van der Waals surface area contributed by atoms with Crippen LogP contribution in [0, 0.1) is 0 Å². The summed E-state index contributed by atoms with van der Waals surface area (Å²) in [6.45, 7) is 1.52. The Morgan fingerprint density at radius 1 is 1.33 bits per heavy atom. The molecule has 0 unspecified atom stereocenters. The summed E-state index contributed by atoms with van der Waals surface area (Å²) < 4.78 is 12.1. The summed E-state index contributed by atoms with van der Waals surface area (Å²) >= 11 is 0. The number of hydrogen-bond acceptors (Lipinski definition) is 4. The number of fused-ring (bicyclic) bond motifs is 1. The number of aromatic nitrogens is 2. The van der Waals surface area contributed by atoms with E-state index >= 15 is 0 Å². The third kappa shape index (κ3) is 3.68. The van der Waals surface area contributed by atoms with Crippen molar-refractivity contribution in [2.45, 2.75) is 19.4 Å². The SMILES string of the molecule is COCOc1ccc(NC(=O)N2CCCc3c(cnn3C)C2)cc1. The minimum absolute atomic E-state index is 0.0998. The van der Waals surface area contributed by atoms with E-state index in [1.807, 2.05) is 35.0 Å². The molecule has 0 fully saturated rings. The van der Waals surface area contributed by atoms with Gasteiger partial charge in [-0.15, -0.1) is 0 Å². The van der Waals surface area contributed by atoms with Gasteiger partial charge in [0.25, 0.3) is 0 Å². The second-order valence-corrected chi connectivity index (χ2v) is 5.77. The lowest BCUT2D eigenvalue weighted by atomic mass is 10.2. The molecule has 2 aromatic rings. The van der Waals surface area contributed by atoms with Crippen molar-refractivity contribution in [2.24, 2.45) is 7.05 Å². The van der Waals surface area contributed by atoms with Crippen molar-refractivity contribution in [1.82, 2.24) is 14.7 Å². The molecule has 1 N–H and O–H groups in total. The van der Waals surface area contributed by atoms with E-state index in [0.29, 0.717) is 12.3 Å². The number of aryl methyl sites for hydroxylation is 1. The Kier molecular flexibility index (Phi) is 5.00. The third-order valence-corrected chi connectivity index (χ3v) is 4.09. The maximum atomic E-state index is 12.5. The van der Waals surface area contributed by atoms with Gasteiger partial charge in [-0.3, -0.25) is 4.68 Å². The van der Waals surface area contributed by atoms with Crippen LogP contribution >= 0.6 is 0 Å². The smallest absolute Gasteiger partial charge is 0.322 e. The van der Waals surface area contributed by atoms with Crippen LogP contribution in [0.5, 0.6) is 5.75 Å². The van der Waals surface area contributed by atoms with Crippen LogP contribution in [0.1, 0.15) is 17.7 Å². The largest absolute Gasteiger partial charge is 0.468 e. The number of carbonyl (C=O) groups is 1. The number of nitrogens with one attached hydrogen (secondary N) is 1. The highest BCUT2D eigenvalue weighted by Crippen LogP contribution is 2.20. The van der Waals surface area contributed by atoms with Crippen molar-refractivity contribution in [3.8, 4) is 5.75 Å². The summed E-state index contributed by atoms with van der Waals surface area (Å²) in [5.41, 5.74) is 3.07. The molecule has 7 heteroatoms. The second kappa shape index (κ2) is 7.35. The average Bonchev–Trinajstić information content (AvgIpc) is 2.81. The van der Waals surface area contributed by atoms with Gasteiger partial charge in [0.15, 0.2) is 6.79 Å². The number of nitrogens with zero attached hydrogens (tertiary/aromatic N) is 3. The van der Waals surface area contributed by atoms with Crippen molar-refractivity contribution < 1.29 is 14.3 Å². The molecule has 1 aliphatic rings. The van der Waals surface area contributed by atoms with Crippen LogP contribution in [0.25, 0.3) is 0 Å². The molecule has 0 aliphatic carbocycles. The summed E-state index contributed by atoms with van der Waals surface area (Å²) in [6, 6.07) is 7.14. The van der Waals surface area contributed by atoms with Gasteiger partial charge in [-0.2, -0.15) is 5.10 Å². The molecule has 2 heterocycles. The fourth-order valence-corrected chi connectivity index (χ4v) is 2.82.